The lowest BCUT2D eigenvalue weighted by Gasteiger charge is -2.44. The van der Waals surface area contributed by atoms with Gasteiger partial charge in [-0.25, -0.2) is 0 Å². The van der Waals surface area contributed by atoms with Crippen molar-refractivity contribution in [2.75, 3.05) is 37.8 Å². The molecule has 2 atom stereocenters. The molecule has 0 fully saturated rings. The van der Waals surface area contributed by atoms with Gasteiger partial charge in [0, 0.05) is 37.7 Å². The van der Waals surface area contributed by atoms with Gasteiger partial charge in [0.1, 0.15) is 12.4 Å². The molecule has 0 spiro atoms. The first-order valence-electron chi connectivity index (χ1n) is 16.9. The Bertz CT molecular complexity index is 1540. The van der Waals surface area contributed by atoms with E-state index in [1.165, 1.54) is 4.90 Å². The zero-order valence-corrected chi connectivity index (χ0v) is 29.7. The van der Waals surface area contributed by atoms with Gasteiger partial charge in [0.25, 0.3) is 0 Å². The van der Waals surface area contributed by atoms with Gasteiger partial charge < -0.3 is 25.0 Å². The number of rotatable bonds is 17. The number of anilines is 1. The molecule has 0 amide bonds. The maximum Gasteiger partial charge on any atom is 0.317 e. The lowest BCUT2D eigenvalue weighted by atomic mass is 9.68. The Kier molecular flexibility index (Phi) is 13.1. The van der Waals surface area contributed by atoms with Gasteiger partial charge in [0.15, 0.2) is 0 Å². The number of carbonyl (C=O) groups is 2. The normalized spacial score (nSPS) is 18.7. The molecule has 0 aliphatic carbocycles. The van der Waals surface area contributed by atoms with Crippen LogP contribution in [0.1, 0.15) is 80.8 Å². The van der Waals surface area contributed by atoms with Crippen molar-refractivity contribution in [3.8, 4) is 5.75 Å². The SMILES string of the molecule is CCCCC1(CCCC)CS(O)(O)c2ccc(N(C)C)cc2C(c2ccc(OCc3cccc(CN(CC(=O)O)CC(=O)O)n3)cc2)C1O. The zero-order valence-electron chi connectivity index (χ0n) is 28.9. The van der Waals surface area contributed by atoms with E-state index in [4.69, 9.17) is 14.9 Å². The topological polar surface area (TPSA) is 164 Å². The number of aliphatic hydroxyl groups excluding tert-OH is 1. The van der Waals surface area contributed by atoms with E-state index < -0.39 is 53.1 Å². The number of carboxylic acids is 2. The highest BCUT2D eigenvalue weighted by Gasteiger charge is 2.49. The van der Waals surface area contributed by atoms with Gasteiger partial charge in [-0.1, -0.05) is 57.7 Å². The lowest BCUT2D eigenvalue weighted by Crippen LogP contribution is -2.42. The molecule has 4 rings (SSSR count). The maximum absolute atomic E-state index is 12.5. The third-order valence-electron chi connectivity index (χ3n) is 9.28. The minimum Gasteiger partial charge on any atom is -0.487 e. The fourth-order valence-corrected chi connectivity index (χ4v) is 9.10. The van der Waals surface area contributed by atoms with Crippen molar-refractivity contribution in [2.45, 2.75) is 82.4 Å². The Labute approximate surface area is 290 Å². The number of fused-ring (bicyclic) bond motifs is 1. The largest absolute Gasteiger partial charge is 0.487 e. The van der Waals surface area contributed by atoms with E-state index in [9.17, 15) is 23.8 Å². The van der Waals surface area contributed by atoms with Gasteiger partial charge >= 0.3 is 11.9 Å². The summed E-state index contributed by atoms with van der Waals surface area (Å²) >= 11 is 0. The van der Waals surface area contributed by atoms with E-state index in [1.807, 2.05) is 61.5 Å². The molecule has 49 heavy (non-hydrogen) atoms. The Morgan fingerprint density at radius 1 is 0.918 bits per heavy atom. The molecule has 0 radical (unpaired) electrons. The summed E-state index contributed by atoms with van der Waals surface area (Å²) in [5.41, 5.74) is 2.93. The number of benzene rings is 2. The van der Waals surface area contributed by atoms with Crippen molar-refractivity contribution >= 4 is 28.2 Å². The van der Waals surface area contributed by atoms with Crippen LogP contribution in [0.4, 0.5) is 5.69 Å². The van der Waals surface area contributed by atoms with Crippen LogP contribution in [0, 0.1) is 5.41 Å². The Hall–Kier alpha value is -3.68. The molecule has 1 aliphatic heterocycles. The molecule has 0 saturated carbocycles. The second-order valence-corrected chi connectivity index (χ2v) is 15.4. The highest BCUT2D eigenvalue weighted by molar-refractivity contribution is 8.24. The summed E-state index contributed by atoms with van der Waals surface area (Å²) in [4.78, 5) is 30.7. The molecule has 12 heteroatoms. The van der Waals surface area contributed by atoms with Crippen LogP contribution in [-0.2, 0) is 22.7 Å². The number of carboxylic acid groups (broad SMARTS) is 2. The minimum atomic E-state index is -3.21. The molecule has 0 saturated heterocycles. The number of unbranched alkanes of at least 4 members (excludes halogenated alkanes) is 2. The Morgan fingerprint density at radius 3 is 2.10 bits per heavy atom. The van der Waals surface area contributed by atoms with Gasteiger partial charge in [-0.3, -0.25) is 28.6 Å². The Balaban J connectivity index is 1.63. The summed E-state index contributed by atoms with van der Waals surface area (Å²) in [6.07, 6.45) is 4.18. The fraction of sp³-hybridized carbons (Fsp3) is 0.486. The molecule has 268 valence electrons. The highest BCUT2D eigenvalue weighted by Crippen LogP contribution is 2.62. The zero-order chi connectivity index (χ0) is 35.8. The van der Waals surface area contributed by atoms with Crippen LogP contribution in [-0.4, -0.2) is 85.3 Å². The molecule has 1 aromatic heterocycles. The summed E-state index contributed by atoms with van der Waals surface area (Å²) in [5, 5.41) is 30.8. The minimum absolute atomic E-state index is 0.0601. The van der Waals surface area contributed by atoms with Gasteiger partial charge in [0.2, 0.25) is 0 Å². The third kappa shape index (κ3) is 9.73. The lowest BCUT2D eigenvalue weighted by molar-refractivity contribution is -0.142. The van der Waals surface area contributed by atoms with E-state index in [0.717, 1.165) is 42.5 Å². The fourth-order valence-electron chi connectivity index (χ4n) is 6.83. The number of hydrogen-bond acceptors (Lipinski definition) is 9. The van der Waals surface area contributed by atoms with E-state index in [-0.39, 0.29) is 18.9 Å². The number of hydrogen-bond donors (Lipinski definition) is 5. The van der Waals surface area contributed by atoms with Crippen LogP contribution in [0.5, 0.6) is 5.75 Å². The molecule has 2 heterocycles. The first kappa shape index (κ1) is 38.1. The first-order valence-corrected chi connectivity index (χ1v) is 18.6. The molecule has 3 aromatic rings. The molecular formula is C37H51N3O8S. The van der Waals surface area contributed by atoms with Crippen molar-refractivity contribution < 1.29 is 38.8 Å². The predicted molar refractivity (Wildman–Crippen MR) is 192 cm³/mol. The van der Waals surface area contributed by atoms with Crippen molar-refractivity contribution in [3.05, 3.63) is 83.2 Å². The van der Waals surface area contributed by atoms with Crippen molar-refractivity contribution in [2.24, 2.45) is 5.41 Å². The monoisotopic (exact) mass is 697 g/mol. The average Bonchev–Trinajstić information content (AvgIpc) is 3.11. The summed E-state index contributed by atoms with van der Waals surface area (Å²) in [7, 11) is 0.671. The molecule has 2 aromatic carbocycles. The molecule has 1 aliphatic rings. The molecule has 2 unspecified atom stereocenters. The maximum atomic E-state index is 12.5. The molecule has 0 bridgehead atoms. The summed E-state index contributed by atoms with van der Waals surface area (Å²) in [5.74, 6) is -2.04. The van der Waals surface area contributed by atoms with E-state index in [2.05, 4.69) is 18.8 Å². The highest BCUT2D eigenvalue weighted by atomic mass is 32.3. The number of aliphatic carboxylic acids is 2. The second kappa shape index (κ2) is 16.8. The Morgan fingerprint density at radius 2 is 1.53 bits per heavy atom. The number of pyridine rings is 1. The first-order chi connectivity index (χ1) is 23.3. The number of aliphatic hydroxyl groups is 1. The van der Waals surface area contributed by atoms with Gasteiger partial charge in [-0.15, -0.1) is 0 Å². The smallest absolute Gasteiger partial charge is 0.317 e. The average molecular weight is 698 g/mol. The number of aromatic nitrogens is 1. The van der Waals surface area contributed by atoms with Gasteiger partial charge in [-0.2, -0.15) is 10.6 Å². The van der Waals surface area contributed by atoms with Gasteiger partial charge in [0.05, 0.1) is 41.2 Å². The number of ether oxygens (including phenoxy) is 1. The molecular weight excluding hydrogens is 646 g/mol. The van der Waals surface area contributed by atoms with Crippen LogP contribution in [0.2, 0.25) is 0 Å². The van der Waals surface area contributed by atoms with Gasteiger partial charge in [-0.05, 0) is 66.4 Å². The quantitative estimate of drug-likeness (QED) is 0.102. The summed E-state index contributed by atoms with van der Waals surface area (Å²) in [6, 6.07) is 18.5. The summed E-state index contributed by atoms with van der Waals surface area (Å²) < 4.78 is 29.6. The molecule has 11 nitrogen and oxygen atoms in total. The molecule has 5 N–H and O–H groups in total. The van der Waals surface area contributed by atoms with Crippen LogP contribution >= 0.6 is 10.6 Å². The van der Waals surface area contributed by atoms with Crippen LogP contribution < -0.4 is 9.64 Å². The van der Waals surface area contributed by atoms with E-state index in [1.54, 1.807) is 18.2 Å². The van der Waals surface area contributed by atoms with Crippen molar-refractivity contribution in [3.63, 3.8) is 0 Å². The van der Waals surface area contributed by atoms with Crippen LogP contribution in [0.15, 0.2) is 65.6 Å². The second-order valence-electron chi connectivity index (χ2n) is 13.3. The van der Waals surface area contributed by atoms with Crippen molar-refractivity contribution in [1.29, 1.82) is 0 Å². The van der Waals surface area contributed by atoms with E-state index in [0.29, 0.717) is 34.9 Å². The predicted octanol–water partition coefficient (Wildman–Crippen LogP) is 6.68. The van der Waals surface area contributed by atoms with Crippen molar-refractivity contribution in [1.82, 2.24) is 9.88 Å². The standard InChI is InChI=1S/C37H51N3O8S/c1-5-7-18-37(19-8-6-2)25-49(46,47)32-17-14-29(39(3)4)20-31(32)35(36(37)45)26-12-15-30(16-13-26)48-24-28-11-9-10-27(38-28)21-40(22-33(41)42)23-34(43)44/h9-17,20,35-36,45-47H,5-8,18-19,21-25H2,1-4H3,(H,41,42)(H,43,44). The van der Waals surface area contributed by atoms with Crippen LogP contribution in [0.25, 0.3) is 0 Å². The van der Waals surface area contributed by atoms with E-state index >= 15 is 0 Å². The van der Waals surface area contributed by atoms with Crippen LogP contribution in [0.3, 0.4) is 0 Å². The summed E-state index contributed by atoms with van der Waals surface area (Å²) in [6.45, 7) is 3.57. The third-order valence-corrected chi connectivity index (χ3v) is 11.3. The number of nitrogens with zero attached hydrogens (tertiary/aromatic N) is 3.